The monoisotopic (exact) mass is 383 g/mol. The maximum atomic E-state index is 14.2. The molecule has 0 spiro atoms. The molecule has 0 bridgehead atoms. The molecule has 0 amide bonds. The molecule has 3 heterocycles. The van der Waals surface area contributed by atoms with Crippen LogP contribution < -0.4 is 0 Å². The minimum Gasteiger partial charge on any atom is -0.350 e. The molecule has 148 valence electrons. The molecule has 0 saturated heterocycles. The lowest BCUT2D eigenvalue weighted by Gasteiger charge is -2.17. The first kappa shape index (κ1) is 20.4. The zero-order valence-corrected chi connectivity index (χ0v) is 17.8. The first-order valence-electron chi connectivity index (χ1n) is 9.84. The molecular formula is C22H28BF2N3. The van der Waals surface area contributed by atoms with E-state index in [9.17, 15) is 8.63 Å². The topological polar surface area (TPSA) is 22.2 Å². The zero-order chi connectivity index (χ0) is 20.7. The highest BCUT2D eigenvalue weighted by Gasteiger charge is 2.32. The molecule has 0 aromatic carbocycles. The molecule has 3 nitrogen and oxygen atoms in total. The van der Waals surface area contributed by atoms with Crippen molar-refractivity contribution < 1.29 is 8.63 Å². The summed E-state index contributed by atoms with van der Waals surface area (Å²) in [6.07, 6.45) is 3.54. The van der Waals surface area contributed by atoms with Gasteiger partial charge in [-0.05, 0) is 74.9 Å². The Morgan fingerprint density at radius 3 is 2.25 bits per heavy atom. The Bertz CT molecular complexity index is 1020. The number of nitrogens with zero attached hydrogens (tertiary/aromatic N) is 3. The van der Waals surface area contributed by atoms with Crippen LogP contribution in [0.25, 0.3) is 5.57 Å². The highest BCUT2D eigenvalue weighted by molar-refractivity contribution is 6.41. The van der Waals surface area contributed by atoms with Gasteiger partial charge in [0.1, 0.15) is 0 Å². The van der Waals surface area contributed by atoms with Gasteiger partial charge in [0.15, 0.2) is 0 Å². The predicted octanol–water partition coefficient (Wildman–Crippen LogP) is 5.74. The molecule has 2 aromatic heterocycles. The van der Waals surface area contributed by atoms with Gasteiger partial charge in [0.25, 0.3) is 0 Å². The highest BCUT2D eigenvalue weighted by atomic mass is 19.2. The molecule has 0 fully saturated rings. The zero-order valence-electron chi connectivity index (χ0n) is 17.8. The molecule has 0 unspecified atom stereocenters. The van der Waals surface area contributed by atoms with Gasteiger partial charge in [-0.25, -0.2) is 0 Å². The van der Waals surface area contributed by atoms with Crippen LogP contribution in [0.15, 0.2) is 40.2 Å². The third-order valence-electron chi connectivity index (χ3n) is 5.95. The third-order valence-corrected chi connectivity index (χ3v) is 5.95. The number of halogens is 2. The number of aryl methyl sites for hydroxylation is 1. The number of rotatable bonds is 5. The van der Waals surface area contributed by atoms with Crippen molar-refractivity contribution in [2.75, 3.05) is 0 Å². The summed E-state index contributed by atoms with van der Waals surface area (Å²) in [6, 6.07) is 3.92. The van der Waals surface area contributed by atoms with Crippen LogP contribution in [0.3, 0.4) is 0 Å². The third kappa shape index (κ3) is 2.99. The maximum absolute atomic E-state index is 14.2. The van der Waals surface area contributed by atoms with Crippen molar-refractivity contribution in [3.63, 3.8) is 0 Å². The van der Waals surface area contributed by atoms with Gasteiger partial charge >= 0.3 is 7.40 Å². The summed E-state index contributed by atoms with van der Waals surface area (Å²) in [5.41, 5.74) is 8.84. The minimum atomic E-state index is -2.61. The van der Waals surface area contributed by atoms with Crippen LogP contribution in [0.5, 0.6) is 0 Å². The van der Waals surface area contributed by atoms with Crippen LogP contribution in [-0.2, 0) is 13.5 Å². The summed E-state index contributed by atoms with van der Waals surface area (Å²) >= 11 is 0. The summed E-state index contributed by atoms with van der Waals surface area (Å²) in [7, 11) is -0.661. The Morgan fingerprint density at radius 2 is 1.79 bits per heavy atom. The van der Waals surface area contributed by atoms with Gasteiger partial charge in [0.05, 0.1) is 11.4 Å². The Hall–Kier alpha value is -2.37. The first-order chi connectivity index (χ1) is 13.2. The van der Waals surface area contributed by atoms with Crippen molar-refractivity contribution in [3.8, 4) is 0 Å². The SMILES string of the molecule is CCC1=C(C)/C(=C(\c2cccn2C)c2c(C)c(CC)c(C)n2B(F)F)N=C1C. The van der Waals surface area contributed by atoms with E-state index >= 15 is 0 Å². The molecule has 2 aromatic rings. The van der Waals surface area contributed by atoms with Crippen molar-refractivity contribution >= 4 is 18.7 Å². The Labute approximate surface area is 166 Å². The molecule has 6 heteroatoms. The van der Waals surface area contributed by atoms with Crippen molar-refractivity contribution in [2.24, 2.45) is 12.0 Å². The van der Waals surface area contributed by atoms with Crippen LogP contribution in [0.2, 0.25) is 0 Å². The Morgan fingerprint density at radius 1 is 1.11 bits per heavy atom. The summed E-state index contributed by atoms with van der Waals surface area (Å²) in [5.74, 6) is 0. The molecule has 0 atom stereocenters. The van der Waals surface area contributed by atoms with Crippen LogP contribution in [-0.4, -0.2) is 22.2 Å². The number of hydrogen-bond donors (Lipinski definition) is 0. The standard InChI is InChI=1S/C22H28BF2N3/c1-8-17-13(3)21(26-15(17)5)20(19-11-10-12-27(19)7)22-14(4)18(9-2)16(6)28(22)23(24)25/h10-12H,8-9H2,1-7H3/b21-20-. The average Bonchev–Trinajstić information content (AvgIpc) is 3.25. The van der Waals surface area contributed by atoms with Crippen LogP contribution >= 0.6 is 0 Å². The summed E-state index contributed by atoms with van der Waals surface area (Å²) in [4.78, 5) is 4.85. The second-order valence-corrected chi connectivity index (χ2v) is 7.42. The molecule has 0 radical (unpaired) electrons. The fourth-order valence-corrected chi connectivity index (χ4v) is 4.55. The smallest absolute Gasteiger partial charge is 0.350 e. The molecular weight excluding hydrogens is 355 g/mol. The average molecular weight is 383 g/mol. The van der Waals surface area contributed by atoms with Crippen molar-refractivity contribution in [3.05, 3.63) is 63.4 Å². The van der Waals surface area contributed by atoms with E-state index in [-0.39, 0.29) is 0 Å². The Balaban J connectivity index is 2.49. The number of allylic oxidation sites excluding steroid dienone is 2. The number of aromatic nitrogens is 2. The Kier molecular flexibility index (Phi) is 5.51. The van der Waals surface area contributed by atoms with E-state index in [0.29, 0.717) is 11.4 Å². The van der Waals surface area contributed by atoms with Gasteiger partial charge in [-0.1, -0.05) is 13.8 Å². The molecule has 28 heavy (non-hydrogen) atoms. The van der Waals surface area contributed by atoms with E-state index in [4.69, 9.17) is 4.99 Å². The van der Waals surface area contributed by atoms with Crippen LogP contribution in [0, 0.1) is 13.8 Å². The normalized spacial score (nSPS) is 16.1. The second kappa shape index (κ2) is 7.57. The maximum Gasteiger partial charge on any atom is 0.677 e. The fraction of sp³-hybridized carbons (Fsp3) is 0.409. The van der Waals surface area contributed by atoms with Gasteiger partial charge in [0, 0.05) is 35.9 Å². The van der Waals surface area contributed by atoms with E-state index in [0.717, 1.165) is 52.2 Å². The molecule has 1 aliphatic rings. The lowest BCUT2D eigenvalue weighted by atomic mass is 9.95. The van der Waals surface area contributed by atoms with E-state index in [2.05, 4.69) is 13.8 Å². The molecule has 0 aliphatic carbocycles. The van der Waals surface area contributed by atoms with E-state index < -0.39 is 7.40 Å². The van der Waals surface area contributed by atoms with Gasteiger partial charge in [0.2, 0.25) is 0 Å². The fourth-order valence-electron chi connectivity index (χ4n) is 4.55. The van der Waals surface area contributed by atoms with Crippen molar-refractivity contribution in [1.82, 2.24) is 9.05 Å². The predicted molar refractivity (Wildman–Crippen MR) is 114 cm³/mol. The van der Waals surface area contributed by atoms with Gasteiger partial charge in [-0.3, -0.25) is 13.6 Å². The van der Waals surface area contributed by atoms with E-state index in [1.807, 2.05) is 50.7 Å². The summed E-state index contributed by atoms with van der Waals surface area (Å²) in [5, 5.41) is 0. The molecule has 3 rings (SSSR count). The largest absolute Gasteiger partial charge is 0.677 e. The van der Waals surface area contributed by atoms with Crippen LogP contribution in [0.4, 0.5) is 8.63 Å². The van der Waals surface area contributed by atoms with Gasteiger partial charge < -0.3 is 9.05 Å². The van der Waals surface area contributed by atoms with E-state index in [1.54, 1.807) is 6.92 Å². The van der Waals surface area contributed by atoms with Crippen molar-refractivity contribution in [1.29, 1.82) is 0 Å². The lowest BCUT2D eigenvalue weighted by Crippen LogP contribution is -2.19. The van der Waals surface area contributed by atoms with Gasteiger partial charge in [-0.15, -0.1) is 0 Å². The van der Waals surface area contributed by atoms with Crippen molar-refractivity contribution in [2.45, 2.75) is 54.4 Å². The number of aliphatic imine (C=N–C) groups is 1. The molecule has 0 N–H and O–H groups in total. The first-order valence-corrected chi connectivity index (χ1v) is 9.84. The molecule has 0 saturated carbocycles. The number of hydrogen-bond acceptors (Lipinski definition) is 1. The second-order valence-electron chi connectivity index (χ2n) is 7.42. The van der Waals surface area contributed by atoms with Crippen LogP contribution in [0.1, 0.15) is 62.3 Å². The molecule has 1 aliphatic heterocycles. The summed E-state index contributed by atoms with van der Waals surface area (Å²) in [6.45, 7) is 11.9. The van der Waals surface area contributed by atoms with Gasteiger partial charge in [-0.2, -0.15) is 0 Å². The quantitative estimate of drug-likeness (QED) is 0.588. The lowest BCUT2D eigenvalue weighted by molar-refractivity contribution is 0.623. The van der Waals surface area contributed by atoms with E-state index in [1.165, 1.54) is 10.1 Å². The summed E-state index contributed by atoms with van der Waals surface area (Å²) < 4.78 is 31.6. The highest BCUT2D eigenvalue weighted by Crippen LogP contribution is 2.40. The minimum absolute atomic E-state index is 0.578.